The third-order valence-electron chi connectivity index (χ3n) is 4.17. The van der Waals surface area contributed by atoms with E-state index in [2.05, 4.69) is 27.7 Å². The van der Waals surface area contributed by atoms with Crippen LogP contribution in [0.25, 0.3) is 0 Å². The summed E-state index contributed by atoms with van der Waals surface area (Å²) in [5, 5.41) is 0. The minimum absolute atomic E-state index is 0.909. The molecule has 1 fully saturated rings. The summed E-state index contributed by atoms with van der Waals surface area (Å²) in [6.45, 7) is 13.5. The van der Waals surface area contributed by atoms with E-state index in [1.54, 1.807) is 0 Å². The average Bonchev–Trinajstić information content (AvgIpc) is 2.30. The van der Waals surface area contributed by atoms with Crippen molar-refractivity contribution < 1.29 is 0 Å². The lowest BCUT2D eigenvalue weighted by molar-refractivity contribution is 0.140. The first-order valence-electron chi connectivity index (χ1n) is 7.19. The molecule has 1 saturated carbocycles. The molecule has 0 aromatic carbocycles. The molecule has 3 unspecified atom stereocenters. The van der Waals surface area contributed by atoms with Crippen molar-refractivity contribution in [1.82, 2.24) is 0 Å². The van der Waals surface area contributed by atoms with Crippen molar-refractivity contribution in [3.05, 3.63) is 0 Å². The van der Waals surface area contributed by atoms with E-state index in [1.165, 1.54) is 32.1 Å². The van der Waals surface area contributed by atoms with E-state index in [0.29, 0.717) is 0 Å². The Morgan fingerprint density at radius 3 is 1.87 bits per heavy atom. The predicted molar refractivity (Wildman–Crippen MR) is 71.1 cm³/mol. The zero-order valence-corrected chi connectivity index (χ0v) is 11.8. The van der Waals surface area contributed by atoms with Crippen LogP contribution in [0.4, 0.5) is 0 Å². The second kappa shape index (κ2) is 8.19. The quantitative estimate of drug-likeness (QED) is 0.577. The van der Waals surface area contributed by atoms with E-state index in [1.807, 2.05) is 13.8 Å². The Labute approximate surface area is 97.8 Å². The maximum Gasteiger partial charge on any atom is -0.0386 e. The fraction of sp³-hybridized carbons (Fsp3) is 1.00. The monoisotopic (exact) mass is 212 g/mol. The minimum Gasteiger partial charge on any atom is -0.0683 e. The summed E-state index contributed by atoms with van der Waals surface area (Å²) in [6, 6.07) is 0. The van der Waals surface area contributed by atoms with Gasteiger partial charge in [-0.05, 0) is 42.9 Å². The van der Waals surface area contributed by atoms with E-state index >= 15 is 0 Å². The number of hydrogen-bond donors (Lipinski definition) is 0. The van der Waals surface area contributed by atoms with Crippen LogP contribution in [0.1, 0.15) is 73.6 Å². The van der Waals surface area contributed by atoms with Gasteiger partial charge in [-0.25, -0.2) is 0 Å². The molecule has 0 radical (unpaired) electrons. The lowest BCUT2D eigenvalue weighted by atomic mass is 9.69. The highest BCUT2D eigenvalue weighted by molar-refractivity contribution is 4.80. The predicted octanol–water partition coefficient (Wildman–Crippen LogP) is 5.52. The second-order valence-electron chi connectivity index (χ2n) is 5.15. The van der Waals surface area contributed by atoms with Crippen LogP contribution in [0, 0.1) is 23.7 Å². The maximum absolute atomic E-state index is 2.39. The van der Waals surface area contributed by atoms with Gasteiger partial charge in [-0.15, -0.1) is 0 Å². The van der Waals surface area contributed by atoms with Gasteiger partial charge in [-0.2, -0.15) is 0 Å². The second-order valence-corrected chi connectivity index (χ2v) is 5.15. The van der Waals surface area contributed by atoms with Gasteiger partial charge < -0.3 is 0 Å². The average molecular weight is 212 g/mol. The van der Waals surface area contributed by atoms with Crippen LogP contribution in [0.5, 0.6) is 0 Å². The molecule has 0 heteroatoms. The van der Waals surface area contributed by atoms with Gasteiger partial charge in [0.05, 0.1) is 0 Å². The molecule has 0 nitrogen and oxygen atoms in total. The van der Waals surface area contributed by atoms with Crippen molar-refractivity contribution >= 4 is 0 Å². The molecule has 0 aromatic rings. The Morgan fingerprint density at radius 1 is 0.933 bits per heavy atom. The Hall–Kier alpha value is 0. The largest absolute Gasteiger partial charge is 0.0683 e. The van der Waals surface area contributed by atoms with Crippen LogP contribution in [-0.2, 0) is 0 Å². The Balaban J connectivity index is 0.000000921. The van der Waals surface area contributed by atoms with Gasteiger partial charge >= 0.3 is 0 Å². The standard InChI is InChI=1S/C13H26.C2H6/c1-5-11-7-8-13(10(3)4)9-12(11)6-2;1-2/h10-13H,5-9H2,1-4H3;1-2H3. The molecule has 0 aliphatic heterocycles. The fourth-order valence-corrected chi connectivity index (χ4v) is 3.01. The molecular formula is C15H32. The molecule has 15 heavy (non-hydrogen) atoms. The Bertz CT molecular complexity index is 137. The third-order valence-corrected chi connectivity index (χ3v) is 4.17. The van der Waals surface area contributed by atoms with Crippen LogP contribution in [-0.4, -0.2) is 0 Å². The topological polar surface area (TPSA) is 0 Å². The van der Waals surface area contributed by atoms with Crippen LogP contribution in [0.2, 0.25) is 0 Å². The summed E-state index contributed by atoms with van der Waals surface area (Å²) in [5.41, 5.74) is 0. The first-order chi connectivity index (χ1) is 7.19. The molecule has 0 bridgehead atoms. The molecular weight excluding hydrogens is 180 g/mol. The molecule has 92 valence electrons. The van der Waals surface area contributed by atoms with Crippen molar-refractivity contribution in [3.8, 4) is 0 Å². The zero-order valence-electron chi connectivity index (χ0n) is 11.8. The smallest absolute Gasteiger partial charge is 0.0386 e. The Morgan fingerprint density at radius 2 is 1.47 bits per heavy atom. The van der Waals surface area contributed by atoms with E-state index in [0.717, 1.165) is 23.7 Å². The molecule has 0 N–H and O–H groups in total. The van der Waals surface area contributed by atoms with E-state index in [9.17, 15) is 0 Å². The summed E-state index contributed by atoms with van der Waals surface area (Å²) >= 11 is 0. The molecule has 0 spiro atoms. The molecule has 0 aromatic heterocycles. The molecule has 3 atom stereocenters. The first-order valence-corrected chi connectivity index (χ1v) is 7.19. The minimum atomic E-state index is 0.909. The van der Waals surface area contributed by atoms with Gasteiger partial charge in [-0.3, -0.25) is 0 Å². The highest BCUT2D eigenvalue weighted by Crippen LogP contribution is 2.40. The third kappa shape index (κ3) is 4.57. The van der Waals surface area contributed by atoms with Crippen LogP contribution < -0.4 is 0 Å². The van der Waals surface area contributed by atoms with Gasteiger partial charge in [-0.1, -0.05) is 54.4 Å². The van der Waals surface area contributed by atoms with E-state index < -0.39 is 0 Å². The maximum atomic E-state index is 2.39. The van der Waals surface area contributed by atoms with Gasteiger partial charge in [0.15, 0.2) is 0 Å². The molecule has 0 saturated heterocycles. The highest BCUT2D eigenvalue weighted by Gasteiger charge is 2.29. The van der Waals surface area contributed by atoms with Gasteiger partial charge in [0, 0.05) is 0 Å². The summed E-state index contributed by atoms with van der Waals surface area (Å²) in [7, 11) is 0. The van der Waals surface area contributed by atoms with E-state index in [-0.39, 0.29) is 0 Å². The summed E-state index contributed by atoms with van der Waals surface area (Å²) in [5.74, 6) is 4.01. The summed E-state index contributed by atoms with van der Waals surface area (Å²) in [6.07, 6.45) is 7.31. The first kappa shape index (κ1) is 15.0. The van der Waals surface area contributed by atoms with Crippen molar-refractivity contribution in [2.75, 3.05) is 0 Å². The molecule has 1 rings (SSSR count). The molecule has 0 amide bonds. The van der Waals surface area contributed by atoms with Crippen molar-refractivity contribution in [1.29, 1.82) is 0 Å². The lowest BCUT2D eigenvalue weighted by Gasteiger charge is -2.37. The number of hydrogen-bond acceptors (Lipinski definition) is 0. The van der Waals surface area contributed by atoms with E-state index in [4.69, 9.17) is 0 Å². The summed E-state index contributed by atoms with van der Waals surface area (Å²) < 4.78 is 0. The van der Waals surface area contributed by atoms with Crippen molar-refractivity contribution in [2.24, 2.45) is 23.7 Å². The van der Waals surface area contributed by atoms with Crippen LogP contribution >= 0.6 is 0 Å². The van der Waals surface area contributed by atoms with Crippen LogP contribution in [0.3, 0.4) is 0 Å². The normalized spacial score (nSPS) is 31.0. The van der Waals surface area contributed by atoms with Crippen molar-refractivity contribution in [2.45, 2.75) is 73.6 Å². The van der Waals surface area contributed by atoms with Crippen molar-refractivity contribution in [3.63, 3.8) is 0 Å². The zero-order chi connectivity index (χ0) is 11.8. The van der Waals surface area contributed by atoms with Gasteiger partial charge in [0.25, 0.3) is 0 Å². The SMILES string of the molecule is CC.CCC1CCC(C(C)C)CC1CC. The lowest BCUT2D eigenvalue weighted by Crippen LogP contribution is -2.26. The summed E-state index contributed by atoms with van der Waals surface area (Å²) in [4.78, 5) is 0. The van der Waals surface area contributed by atoms with Crippen LogP contribution in [0.15, 0.2) is 0 Å². The molecule has 1 aliphatic rings. The molecule has 1 aliphatic carbocycles. The Kier molecular flexibility index (Phi) is 8.19. The fourth-order valence-electron chi connectivity index (χ4n) is 3.01. The highest BCUT2D eigenvalue weighted by atomic mass is 14.3. The van der Waals surface area contributed by atoms with Gasteiger partial charge in [0.2, 0.25) is 0 Å². The molecule has 0 heterocycles. The number of rotatable bonds is 3. The van der Waals surface area contributed by atoms with Gasteiger partial charge in [0.1, 0.15) is 0 Å².